The number of hydrogen-bond acceptors (Lipinski definition) is 4. The van der Waals surface area contributed by atoms with E-state index in [9.17, 15) is 5.11 Å². The highest BCUT2D eigenvalue weighted by Gasteiger charge is 2.30. The second-order valence-corrected chi connectivity index (χ2v) is 4.19. The molecule has 1 unspecified atom stereocenters. The van der Waals surface area contributed by atoms with Crippen molar-refractivity contribution in [2.75, 3.05) is 12.3 Å². The highest BCUT2D eigenvalue weighted by atomic mass is 16.3. The number of nitrogen functional groups attached to an aromatic ring is 1. The lowest BCUT2D eigenvalue weighted by molar-refractivity contribution is 0.00416. The van der Waals surface area contributed by atoms with Gasteiger partial charge in [0.15, 0.2) is 0 Å². The molecule has 0 spiro atoms. The molecule has 1 atom stereocenters. The van der Waals surface area contributed by atoms with Gasteiger partial charge in [-0.05, 0) is 17.5 Å². The van der Waals surface area contributed by atoms with E-state index in [1.165, 1.54) is 0 Å². The van der Waals surface area contributed by atoms with Crippen molar-refractivity contribution in [3.05, 3.63) is 23.9 Å². The molecule has 15 heavy (non-hydrogen) atoms. The second-order valence-electron chi connectivity index (χ2n) is 4.19. The van der Waals surface area contributed by atoms with Crippen LogP contribution in [-0.2, 0) is 6.42 Å². The molecule has 0 fully saturated rings. The molecule has 1 aromatic rings. The number of nitrogens with two attached hydrogens (primary N) is 2. The first kappa shape index (κ1) is 11.9. The van der Waals surface area contributed by atoms with Crippen molar-refractivity contribution in [2.24, 2.45) is 11.7 Å². The van der Waals surface area contributed by atoms with Crippen molar-refractivity contribution in [3.8, 4) is 0 Å². The molecular formula is C11H19N3O. The van der Waals surface area contributed by atoms with Gasteiger partial charge in [0.2, 0.25) is 0 Å². The van der Waals surface area contributed by atoms with Gasteiger partial charge in [-0.15, -0.1) is 0 Å². The summed E-state index contributed by atoms with van der Waals surface area (Å²) in [7, 11) is 0. The molecular weight excluding hydrogens is 190 g/mol. The van der Waals surface area contributed by atoms with Gasteiger partial charge in [-0.1, -0.05) is 19.9 Å². The molecule has 4 nitrogen and oxygen atoms in total. The summed E-state index contributed by atoms with van der Waals surface area (Å²) in [5.41, 5.74) is 11.3. The predicted octanol–water partition coefficient (Wildman–Crippen LogP) is 0.552. The molecule has 0 saturated carbocycles. The van der Waals surface area contributed by atoms with E-state index in [4.69, 9.17) is 11.5 Å². The third-order valence-corrected chi connectivity index (χ3v) is 2.85. The molecule has 1 aromatic heterocycles. The topological polar surface area (TPSA) is 85.2 Å². The molecule has 1 rings (SSSR count). The number of pyridine rings is 1. The van der Waals surface area contributed by atoms with Gasteiger partial charge in [0.25, 0.3) is 0 Å². The fourth-order valence-corrected chi connectivity index (χ4v) is 1.44. The van der Waals surface area contributed by atoms with Gasteiger partial charge in [0.1, 0.15) is 5.82 Å². The Morgan fingerprint density at radius 1 is 1.53 bits per heavy atom. The summed E-state index contributed by atoms with van der Waals surface area (Å²) in [5, 5.41) is 10.3. The Morgan fingerprint density at radius 2 is 2.20 bits per heavy atom. The third kappa shape index (κ3) is 2.67. The van der Waals surface area contributed by atoms with Crippen LogP contribution in [0.1, 0.15) is 19.4 Å². The highest BCUT2D eigenvalue weighted by Crippen LogP contribution is 2.23. The molecule has 0 aliphatic heterocycles. The molecule has 0 aromatic carbocycles. The maximum atomic E-state index is 10.3. The van der Waals surface area contributed by atoms with Crippen molar-refractivity contribution in [1.29, 1.82) is 0 Å². The fraction of sp³-hybridized carbons (Fsp3) is 0.545. The Labute approximate surface area is 90.3 Å². The Hall–Kier alpha value is -1.13. The summed E-state index contributed by atoms with van der Waals surface area (Å²) in [6.07, 6.45) is 2.08. The quantitative estimate of drug-likeness (QED) is 0.676. The van der Waals surface area contributed by atoms with E-state index in [0.29, 0.717) is 12.2 Å². The van der Waals surface area contributed by atoms with Crippen molar-refractivity contribution in [3.63, 3.8) is 0 Å². The van der Waals surface area contributed by atoms with Crippen LogP contribution in [-0.4, -0.2) is 22.2 Å². The molecule has 0 bridgehead atoms. The van der Waals surface area contributed by atoms with Gasteiger partial charge in [0.05, 0.1) is 5.60 Å². The SMILES string of the molecule is CC(C)C(O)(CN)Cc1cccnc1N. The van der Waals surface area contributed by atoms with E-state index < -0.39 is 5.60 Å². The van der Waals surface area contributed by atoms with Crippen molar-refractivity contribution in [1.82, 2.24) is 4.98 Å². The summed E-state index contributed by atoms with van der Waals surface area (Å²) < 4.78 is 0. The summed E-state index contributed by atoms with van der Waals surface area (Å²) in [6, 6.07) is 3.67. The third-order valence-electron chi connectivity index (χ3n) is 2.85. The van der Waals surface area contributed by atoms with Crippen LogP contribution in [0.5, 0.6) is 0 Å². The minimum atomic E-state index is -0.906. The molecule has 0 amide bonds. The van der Waals surface area contributed by atoms with Crippen LogP contribution in [0.15, 0.2) is 18.3 Å². The zero-order valence-electron chi connectivity index (χ0n) is 9.27. The van der Waals surface area contributed by atoms with E-state index in [0.717, 1.165) is 5.56 Å². The average molecular weight is 209 g/mol. The number of aliphatic hydroxyl groups is 1. The Kier molecular flexibility index (Phi) is 3.66. The first-order valence-corrected chi connectivity index (χ1v) is 5.11. The molecule has 0 saturated heterocycles. The Morgan fingerprint density at radius 3 is 2.67 bits per heavy atom. The largest absolute Gasteiger partial charge is 0.388 e. The molecule has 0 radical (unpaired) electrons. The van der Waals surface area contributed by atoms with Gasteiger partial charge < -0.3 is 16.6 Å². The van der Waals surface area contributed by atoms with Crippen LogP contribution in [0.2, 0.25) is 0 Å². The lowest BCUT2D eigenvalue weighted by atomic mass is 9.84. The molecule has 0 aliphatic carbocycles. The van der Waals surface area contributed by atoms with Gasteiger partial charge >= 0.3 is 0 Å². The maximum Gasteiger partial charge on any atom is 0.126 e. The van der Waals surface area contributed by atoms with E-state index in [1.807, 2.05) is 26.0 Å². The zero-order valence-corrected chi connectivity index (χ0v) is 9.27. The molecule has 84 valence electrons. The lowest BCUT2D eigenvalue weighted by Gasteiger charge is -2.31. The average Bonchev–Trinajstić information content (AvgIpc) is 2.21. The van der Waals surface area contributed by atoms with Crippen LogP contribution in [0, 0.1) is 5.92 Å². The zero-order chi connectivity index (χ0) is 11.5. The minimum absolute atomic E-state index is 0.0853. The normalized spacial score (nSPS) is 15.3. The van der Waals surface area contributed by atoms with Gasteiger partial charge in [-0.2, -0.15) is 0 Å². The van der Waals surface area contributed by atoms with E-state index in [1.54, 1.807) is 6.20 Å². The van der Waals surface area contributed by atoms with E-state index in [2.05, 4.69) is 4.98 Å². The van der Waals surface area contributed by atoms with Crippen LogP contribution in [0.25, 0.3) is 0 Å². The van der Waals surface area contributed by atoms with Crippen LogP contribution < -0.4 is 11.5 Å². The molecule has 1 heterocycles. The minimum Gasteiger partial charge on any atom is -0.388 e. The summed E-state index contributed by atoms with van der Waals surface area (Å²) in [6.45, 7) is 4.11. The highest BCUT2D eigenvalue weighted by molar-refractivity contribution is 5.39. The summed E-state index contributed by atoms with van der Waals surface area (Å²) >= 11 is 0. The first-order chi connectivity index (χ1) is 6.99. The first-order valence-electron chi connectivity index (χ1n) is 5.11. The van der Waals surface area contributed by atoms with Crippen molar-refractivity contribution >= 4 is 5.82 Å². The second kappa shape index (κ2) is 4.59. The smallest absolute Gasteiger partial charge is 0.126 e. The molecule has 4 heteroatoms. The predicted molar refractivity (Wildman–Crippen MR) is 61.2 cm³/mol. The van der Waals surface area contributed by atoms with Gasteiger partial charge in [-0.25, -0.2) is 4.98 Å². The molecule has 0 aliphatic rings. The van der Waals surface area contributed by atoms with Crippen molar-refractivity contribution in [2.45, 2.75) is 25.9 Å². The molecule has 5 N–H and O–H groups in total. The lowest BCUT2D eigenvalue weighted by Crippen LogP contribution is -2.45. The van der Waals surface area contributed by atoms with Crippen LogP contribution in [0.4, 0.5) is 5.82 Å². The van der Waals surface area contributed by atoms with Crippen LogP contribution >= 0.6 is 0 Å². The van der Waals surface area contributed by atoms with E-state index >= 15 is 0 Å². The standard InChI is InChI=1S/C11H19N3O/c1-8(2)11(15,7-12)6-9-4-3-5-14-10(9)13/h3-5,8,15H,6-7,12H2,1-2H3,(H2,13,14). The van der Waals surface area contributed by atoms with Gasteiger partial charge in [0, 0.05) is 19.2 Å². The Balaban J connectivity index is 2.89. The van der Waals surface area contributed by atoms with E-state index in [-0.39, 0.29) is 12.5 Å². The number of nitrogens with zero attached hydrogens (tertiary/aromatic N) is 1. The number of rotatable bonds is 4. The number of anilines is 1. The Bertz CT molecular complexity index is 327. The van der Waals surface area contributed by atoms with Crippen molar-refractivity contribution < 1.29 is 5.11 Å². The number of aromatic nitrogens is 1. The number of hydrogen-bond donors (Lipinski definition) is 3. The van der Waals surface area contributed by atoms with Crippen LogP contribution in [0.3, 0.4) is 0 Å². The summed E-state index contributed by atoms with van der Waals surface area (Å²) in [5.74, 6) is 0.548. The van der Waals surface area contributed by atoms with Gasteiger partial charge in [-0.3, -0.25) is 0 Å². The summed E-state index contributed by atoms with van der Waals surface area (Å²) in [4.78, 5) is 3.98. The maximum absolute atomic E-state index is 10.3. The monoisotopic (exact) mass is 209 g/mol. The fourth-order valence-electron chi connectivity index (χ4n) is 1.44.